The number of amides is 1. The Morgan fingerprint density at radius 3 is 2.59 bits per heavy atom. The average Bonchev–Trinajstić information content (AvgIpc) is 3.50. The zero-order valence-electron chi connectivity index (χ0n) is 21.3. The van der Waals surface area contributed by atoms with Gasteiger partial charge in [-0.3, -0.25) is 9.48 Å². The molecule has 2 aliphatic heterocycles. The molecule has 3 heterocycles. The molecule has 2 aliphatic rings. The number of fused-ring (bicyclic) bond motifs is 2. The van der Waals surface area contributed by atoms with Crippen molar-refractivity contribution < 1.29 is 19.7 Å². The monoisotopic (exact) mass is 616 g/mol. The Labute approximate surface area is 230 Å². The highest BCUT2D eigenvalue weighted by atomic mass is 127. The number of aliphatic hydroxyl groups is 2. The maximum Gasteiger partial charge on any atom is 0.264 e. The quantitative estimate of drug-likeness (QED) is 0.375. The van der Waals surface area contributed by atoms with Gasteiger partial charge in [0.2, 0.25) is 0 Å². The third-order valence-corrected chi connectivity index (χ3v) is 8.46. The fraction of sp³-hybridized carbons (Fsp3) is 0.464. The summed E-state index contributed by atoms with van der Waals surface area (Å²) < 4.78 is 9.69. The van der Waals surface area contributed by atoms with Crippen LogP contribution in [0.25, 0.3) is 0 Å². The summed E-state index contributed by atoms with van der Waals surface area (Å²) >= 11 is 2.28. The van der Waals surface area contributed by atoms with Crippen LogP contribution in [-0.4, -0.2) is 49.4 Å². The van der Waals surface area contributed by atoms with Crippen molar-refractivity contribution in [2.45, 2.75) is 64.0 Å². The van der Waals surface area contributed by atoms with Crippen molar-refractivity contribution in [3.05, 3.63) is 75.1 Å². The molecule has 0 saturated carbocycles. The molecule has 1 spiro atoms. The minimum Gasteiger partial charge on any atom is -0.396 e. The van der Waals surface area contributed by atoms with Gasteiger partial charge in [-0.15, -0.1) is 5.10 Å². The first-order valence-corrected chi connectivity index (χ1v) is 13.8. The van der Waals surface area contributed by atoms with Crippen LogP contribution in [0.3, 0.4) is 0 Å². The minimum atomic E-state index is -1.17. The lowest BCUT2D eigenvalue weighted by Crippen LogP contribution is -2.46. The highest BCUT2D eigenvalue weighted by Gasteiger charge is 2.65. The topological polar surface area (TPSA) is 101 Å². The molecule has 0 aliphatic carbocycles. The third kappa shape index (κ3) is 4.71. The van der Waals surface area contributed by atoms with E-state index in [0.717, 1.165) is 26.1 Å². The van der Waals surface area contributed by atoms with Crippen molar-refractivity contribution in [2.75, 3.05) is 11.5 Å². The highest BCUT2D eigenvalue weighted by molar-refractivity contribution is 14.1. The molecule has 0 bridgehead atoms. The smallest absolute Gasteiger partial charge is 0.264 e. The van der Waals surface area contributed by atoms with E-state index in [9.17, 15) is 15.0 Å². The summed E-state index contributed by atoms with van der Waals surface area (Å²) in [6.07, 6.45) is 2.47. The molecule has 1 saturated heterocycles. The van der Waals surface area contributed by atoms with E-state index in [1.165, 1.54) is 0 Å². The number of aromatic nitrogens is 3. The van der Waals surface area contributed by atoms with Crippen LogP contribution >= 0.6 is 22.6 Å². The molecule has 2 N–H and O–H groups in total. The normalized spacial score (nSPS) is 25.3. The summed E-state index contributed by atoms with van der Waals surface area (Å²) in [6.45, 7) is 6.63. The molecule has 5 rings (SSSR count). The van der Waals surface area contributed by atoms with Crippen LogP contribution in [0.5, 0.6) is 0 Å². The summed E-state index contributed by atoms with van der Waals surface area (Å²) in [5.74, 6) is -0.612. The number of benzene rings is 2. The molecular formula is C28H33IN4O4. The fourth-order valence-electron chi connectivity index (χ4n) is 6.17. The molecule has 0 unspecified atom stereocenters. The molecule has 2 aromatic carbocycles. The van der Waals surface area contributed by atoms with Gasteiger partial charge in [-0.25, -0.2) is 0 Å². The Balaban J connectivity index is 1.47. The molecule has 37 heavy (non-hydrogen) atoms. The Bertz CT molecular complexity index is 1270. The number of aliphatic hydroxyl groups excluding tert-OH is 1. The molecule has 9 heteroatoms. The number of anilines is 1. The van der Waals surface area contributed by atoms with E-state index in [1.807, 2.05) is 66.6 Å². The van der Waals surface area contributed by atoms with E-state index in [0.29, 0.717) is 25.9 Å². The summed E-state index contributed by atoms with van der Waals surface area (Å²) in [7, 11) is 0. The Morgan fingerprint density at radius 1 is 1.16 bits per heavy atom. The molecule has 8 nitrogen and oxygen atoms in total. The summed E-state index contributed by atoms with van der Waals surface area (Å²) in [5.41, 5.74) is 1.27. The predicted octanol–water partition coefficient (Wildman–Crippen LogP) is 3.67. The van der Waals surface area contributed by atoms with Crippen LogP contribution < -0.4 is 4.90 Å². The first-order valence-electron chi connectivity index (χ1n) is 12.7. The second-order valence-corrected chi connectivity index (χ2v) is 11.9. The van der Waals surface area contributed by atoms with Crippen molar-refractivity contribution in [2.24, 2.45) is 11.8 Å². The number of nitrogens with zero attached hydrogens (tertiary/aromatic N) is 4. The Morgan fingerprint density at radius 2 is 1.89 bits per heavy atom. The van der Waals surface area contributed by atoms with Gasteiger partial charge in [0.25, 0.3) is 5.91 Å². The predicted molar refractivity (Wildman–Crippen MR) is 148 cm³/mol. The van der Waals surface area contributed by atoms with Crippen LogP contribution in [0, 0.1) is 15.4 Å². The first kappa shape index (κ1) is 26.3. The van der Waals surface area contributed by atoms with Gasteiger partial charge in [0.05, 0.1) is 29.6 Å². The van der Waals surface area contributed by atoms with E-state index < -0.39 is 11.2 Å². The zero-order valence-corrected chi connectivity index (χ0v) is 23.5. The standard InChI is InChI=1S/C28H33IN4O4/c1-18-25(27(2,3)36)24(12-14-32-17-21(13-15-34)30-31-32)37-28(18)22-6-4-5-7-23(22)33(26(28)35)16-19-8-10-20(29)11-9-19/h4-11,17-18,24-25,34,36H,12-16H2,1-3H3/t18-,24+,25-,28+/m0/s1. The number of halogens is 1. The number of aryl methyl sites for hydroxylation is 1. The number of hydrogen-bond acceptors (Lipinski definition) is 6. The van der Waals surface area contributed by atoms with E-state index in [4.69, 9.17) is 4.74 Å². The molecule has 1 aromatic heterocycles. The number of carbonyl (C=O) groups excluding carboxylic acids is 1. The van der Waals surface area contributed by atoms with E-state index >= 15 is 0 Å². The van der Waals surface area contributed by atoms with Gasteiger partial charge in [0, 0.05) is 46.7 Å². The maximum atomic E-state index is 14.3. The first-order chi connectivity index (χ1) is 17.6. The molecule has 0 radical (unpaired) electrons. The number of carbonyl (C=O) groups is 1. The van der Waals surface area contributed by atoms with Crippen molar-refractivity contribution in [3.8, 4) is 0 Å². The largest absolute Gasteiger partial charge is 0.396 e. The van der Waals surface area contributed by atoms with Gasteiger partial charge in [0.15, 0.2) is 5.60 Å². The number of para-hydroxylation sites is 1. The zero-order chi connectivity index (χ0) is 26.4. The van der Waals surface area contributed by atoms with Crippen LogP contribution in [0.1, 0.15) is 44.0 Å². The fourth-order valence-corrected chi connectivity index (χ4v) is 6.53. The van der Waals surface area contributed by atoms with Gasteiger partial charge in [0.1, 0.15) is 0 Å². The number of hydrogen-bond donors (Lipinski definition) is 2. The number of ether oxygens (including phenoxy) is 1. The minimum absolute atomic E-state index is 0.0193. The van der Waals surface area contributed by atoms with Gasteiger partial charge in [-0.2, -0.15) is 0 Å². The molecule has 3 aromatic rings. The molecular weight excluding hydrogens is 583 g/mol. The van der Waals surface area contributed by atoms with Crippen molar-refractivity contribution in [1.29, 1.82) is 0 Å². The second-order valence-electron chi connectivity index (χ2n) is 10.6. The SMILES string of the molecule is C[C@H]1[C@H](C(C)(C)O)[C@@H](CCn2cc(CCO)nn2)O[C@]12C(=O)N(Cc1ccc(I)cc1)c1ccccc12. The van der Waals surface area contributed by atoms with E-state index in [-0.39, 0.29) is 30.5 Å². The second kappa shape index (κ2) is 10.1. The van der Waals surface area contributed by atoms with E-state index in [2.05, 4.69) is 32.9 Å². The van der Waals surface area contributed by atoms with Crippen LogP contribution in [0.2, 0.25) is 0 Å². The van der Waals surface area contributed by atoms with Gasteiger partial charge in [-0.05, 0) is 66.6 Å². The lowest BCUT2D eigenvalue weighted by atomic mass is 9.71. The lowest BCUT2D eigenvalue weighted by Gasteiger charge is -2.34. The van der Waals surface area contributed by atoms with Gasteiger partial charge < -0.3 is 19.8 Å². The lowest BCUT2D eigenvalue weighted by molar-refractivity contribution is -0.146. The van der Waals surface area contributed by atoms with Crippen molar-refractivity contribution >= 4 is 34.2 Å². The summed E-state index contributed by atoms with van der Waals surface area (Å²) in [4.78, 5) is 16.1. The van der Waals surface area contributed by atoms with Gasteiger partial charge in [-0.1, -0.05) is 42.5 Å². The molecule has 196 valence electrons. The van der Waals surface area contributed by atoms with Crippen LogP contribution in [-0.2, 0) is 34.6 Å². The molecule has 1 amide bonds. The van der Waals surface area contributed by atoms with E-state index in [1.54, 1.807) is 18.5 Å². The summed E-state index contributed by atoms with van der Waals surface area (Å²) in [5, 5.41) is 28.7. The molecule has 4 atom stereocenters. The molecule has 1 fully saturated rings. The van der Waals surface area contributed by atoms with Crippen LogP contribution in [0.4, 0.5) is 5.69 Å². The van der Waals surface area contributed by atoms with Crippen LogP contribution in [0.15, 0.2) is 54.7 Å². The average molecular weight is 617 g/mol. The Hall–Kier alpha value is -2.34. The third-order valence-electron chi connectivity index (χ3n) is 7.74. The van der Waals surface area contributed by atoms with Gasteiger partial charge >= 0.3 is 0 Å². The summed E-state index contributed by atoms with van der Waals surface area (Å²) in [6, 6.07) is 16.1. The van der Waals surface area contributed by atoms with Crippen molar-refractivity contribution in [1.82, 2.24) is 15.0 Å². The maximum absolute atomic E-state index is 14.3. The Kier molecular flexibility index (Phi) is 7.16. The van der Waals surface area contributed by atoms with Crippen molar-refractivity contribution in [3.63, 3.8) is 0 Å². The highest BCUT2D eigenvalue weighted by Crippen LogP contribution is 2.57. The number of rotatable bonds is 8.